The van der Waals surface area contributed by atoms with Crippen LogP contribution in [0.2, 0.25) is 0 Å². The van der Waals surface area contributed by atoms with E-state index in [2.05, 4.69) is 25.1 Å². The third-order valence-electron chi connectivity index (χ3n) is 7.55. The second kappa shape index (κ2) is 10.7. The standard InChI is InChI=1S/C27H40O4/c1-21-18-22(10-6-2-4-8-12-26(14-15-26)24(28)29)20-23(19-21)11-7-3-5-9-13-27(16-17-27)25(30)31/h18-20H,2-17H2,1H3,(H,28,29)(H,30,31). The minimum Gasteiger partial charge on any atom is -0.481 e. The van der Waals surface area contributed by atoms with E-state index in [0.29, 0.717) is 0 Å². The number of carboxylic acid groups (broad SMARTS) is 2. The summed E-state index contributed by atoms with van der Waals surface area (Å²) in [7, 11) is 0. The number of hydrogen-bond donors (Lipinski definition) is 2. The summed E-state index contributed by atoms with van der Waals surface area (Å²) >= 11 is 0. The third kappa shape index (κ3) is 7.08. The Kier molecular flexibility index (Phi) is 8.18. The molecule has 2 aliphatic carbocycles. The molecular weight excluding hydrogens is 388 g/mol. The Balaban J connectivity index is 1.28. The Morgan fingerprint density at radius 3 is 1.42 bits per heavy atom. The zero-order valence-electron chi connectivity index (χ0n) is 19.3. The van der Waals surface area contributed by atoms with E-state index < -0.39 is 11.9 Å². The first kappa shape index (κ1) is 23.8. The van der Waals surface area contributed by atoms with Crippen molar-refractivity contribution in [1.29, 1.82) is 0 Å². The van der Waals surface area contributed by atoms with Crippen LogP contribution in [0, 0.1) is 17.8 Å². The summed E-state index contributed by atoms with van der Waals surface area (Å²) in [4.78, 5) is 22.4. The van der Waals surface area contributed by atoms with Gasteiger partial charge in [-0.1, -0.05) is 62.3 Å². The van der Waals surface area contributed by atoms with Crippen molar-refractivity contribution in [2.45, 2.75) is 110 Å². The molecule has 0 radical (unpaired) electrons. The molecule has 4 heteroatoms. The molecule has 2 aliphatic rings. The lowest BCUT2D eigenvalue weighted by molar-refractivity contribution is -0.144. The average Bonchev–Trinajstić information content (AvgIpc) is 3.62. The Morgan fingerprint density at radius 2 is 1.06 bits per heavy atom. The Labute approximate surface area is 187 Å². The van der Waals surface area contributed by atoms with Crippen LogP contribution in [0.15, 0.2) is 18.2 Å². The zero-order chi connectivity index (χ0) is 22.3. The molecule has 0 heterocycles. The van der Waals surface area contributed by atoms with Crippen molar-refractivity contribution in [1.82, 2.24) is 0 Å². The number of aryl methyl sites for hydroxylation is 3. The molecular formula is C27H40O4. The van der Waals surface area contributed by atoms with Gasteiger partial charge in [0.15, 0.2) is 0 Å². The highest BCUT2D eigenvalue weighted by atomic mass is 16.4. The van der Waals surface area contributed by atoms with Crippen molar-refractivity contribution in [3.63, 3.8) is 0 Å². The first-order chi connectivity index (χ1) is 14.9. The molecule has 0 aromatic heterocycles. The van der Waals surface area contributed by atoms with Gasteiger partial charge in [-0.05, 0) is 82.3 Å². The summed E-state index contributed by atoms with van der Waals surface area (Å²) in [5.74, 6) is -1.18. The lowest BCUT2D eigenvalue weighted by Gasteiger charge is -2.10. The van der Waals surface area contributed by atoms with Gasteiger partial charge in [-0.2, -0.15) is 0 Å². The van der Waals surface area contributed by atoms with Gasteiger partial charge >= 0.3 is 11.9 Å². The van der Waals surface area contributed by atoms with Crippen molar-refractivity contribution in [3.8, 4) is 0 Å². The molecule has 0 aliphatic heterocycles. The summed E-state index contributed by atoms with van der Waals surface area (Å²) in [5.41, 5.74) is 3.47. The second-order valence-electron chi connectivity index (χ2n) is 10.3. The minimum atomic E-state index is -0.591. The molecule has 4 nitrogen and oxygen atoms in total. The van der Waals surface area contributed by atoms with Crippen LogP contribution < -0.4 is 0 Å². The van der Waals surface area contributed by atoms with Crippen LogP contribution in [0.1, 0.15) is 107 Å². The number of benzene rings is 1. The molecule has 2 N–H and O–H groups in total. The van der Waals surface area contributed by atoms with E-state index in [4.69, 9.17) is 0 Å². The van der Waals surface area contributed by atoms with E-state index in [1.54, 1.807) is 0 Å². The van der Waals surface area contributed by atoms with E-state index in [1.165, 1.54) is 42.4 Å². The van der Waals surface area contributed by atoms with Crippen LogP contribution in [0.4, 0.5) is 0 Å². The van der Waals surface area contributed by atoms with E-state index in [0.717, 1.165) is 77.0 Å². The molecule has 0 bridgehead atoms. The van der Waals surface area contributed by atoms with E-state index in [1.807, 2.05) is 0 Å². The van der Waals surface area contributed by atoms with Gasteiger partial charge in [0.05, 0.1) is 10.8 Å². The molecule has 2 saturated carbocycles. The largest absolute Gasteiger partial charge is 0.481 e. The highest BCUT2D eigenvalue weighted by molar-refractivity contribution is 5.78. The van der Waals surface area contributed by atoms with Crippen LogP contribution in [0.25, 0.3) is 0 Å². The van der Waals surface area contributed by atoms with Gasteiger partial charge < -0.3 is 10.2 Å². The van der Waals surface area contributed by atoms with Crippen LogP contribution >= 0.6 is 0 Å². The quantitative estimate of drug-likeness (QED) is 0.287. The van der Waals surface area contributed by atoms with Gasteiger partial charge in [-0.15, -0.1) is 0 Å². The van der Waals surface area contributed by atoms with Crippen molar-refractivity contribution in [2.24, 2.45) is 10.8 Å². The number of unbranched alkanes of at least 4 members (excludes halogenated alkanes) is 6. The van der Waals surface area contributed by atoms with Gasteiger partial charge in [0.1, 0.15) is 0 Å². The topological polar surface area (TPSA) is 74.6 Å². The predicted molar refractivity (Wildman–Crippen MR) is 123 cm³/mol. The highest BCUT2D eigenvalue weighted by Gasteiger charge is 2.49. The molecule has 0 unspecified atom stereocenters. The van der Waals surface area contributed by atoms with E-state index in [9.17, 15) is 19.8 Å². The summed E-state index contributed by atoms with van der Waals surface area (Å²) in [6.07, 6.45) is 16.5. The van der Waals surface area contributed by atoms with Crippen molar-refractivity contribution in [3.05, 3.63) is 34.9 Å². The highest BCUT2D eigenvalue weighted by Crippen LogP contribution is 2.50. The molecule has 31 heavy (non-hydrogen) atoms. The van der Waals surface area contributed by atoms with Crippen LogP contribution in [-0.2, 0) is 22.4 Å². The lowest BCUT2D eigenvalue weighted by Crippen LogP contribution is -2.14. The van der Waals surface area contributed by atoms with Gasteiger partial charge in [0.2, 0.25) is 0 Å². The van der Waals surface area contributed by atoms with Crippen molar-refractivity contribution in [2.75, 3.05) is 0 Å². The fraction of sp³-hybridized carbons (Fsp3) is 0.704. The number of rotatable bonds is 16. The monoisotopic (exact) mass is 428 g/mol. The number of aliphatic carboxylic acids is 2. The van der Waals surface area contributed by atoms with Crippen molar-refractivity contribution >= 4 is 11.9 Å². The molecule has 0 atom stereocenters. The van der Waals surface area contributed by atoms with Gasteiger partial charge in [0.25, 0.3) is 0 Å². The SMILES string of the molecule is Cc1cc(CCCCCCC2(C(=O)O)CC2)cc(CCCCCCC2(C(=O)O)CC2)c1. The summed E-state index contributed by atoms with van der Waals surface area (Å²) in [6, 6.07) is 6.96. The maximum atomic E-state index is 11.2. The number of hydrogen-bond acceptors (Lipinski definition) is 2. The Bertz CT molecular complexity index is 698. The van der Waals surface area contributed by atoms with E-state index in [-0.39, 0.29) is 10.8 Å². The Hall–Kier alpha value is -1.84. The smallest absolute Gasteiger partial charge is 0.309 e. The fourth-order valence-corrected chi connectivity index (χ4v) is 4.97. The molecule has 3 rings (SSSR count). The summed E-state index contributed by atoms with van der Waals surface area (Å²) in [6.45, 7) is 2.18. The molecule has 0 amide bonds. The van der Waals surface area contributed by atoms with Crippen molar-refractivity contribution < 1.29 is 19.8 Å². The maximum Gasteiger partial charge on any atom is 0.309 e. The van der Waals surface area contributed by atoms with Gasteiger partial charge in [-0.25, -0.2) is 0 Å². The lowest BCUT2D eigenvalue weighted by atomic mass is 9.95. The van der Waals surface area contributed by atoms with Gasteiger partial charge in [0, 0.05) is 0 Å². The number of carboxylic acids is 2. The van der Waals surface area contributed by atoms with Crippen LogP contribution in [0.5, 0.6) is 0 Å². The molecule has 1 aromatic rings. The fourth-order valence-electron chi connectivity index (χ4n) is 4.97. The molecule has 2 fully saturated rings. The predicted octanol–water partition coefficient (Wildman–Crippen LogP) is 6.71. The summed E-state index contributed by atoms with van der Waals surface area (Å²) < 4.78 is 0. The number of carbonyl (C=O) groups is 2. The molecule has 172 valence electrons. The summed E-state index contributed by atoms with van der Waals surface area (Å²) in [5, 5.41) is 18.5. The Morgan fingerprint density at radius 1 is 0.677 bits per heavy atom. The average molecular weight is 429 g/mol. The van der Waals surface area contributed by atoms with E-state index >= 15 is 0 Å². The third-order valence-corrected chi connectivity index (χ3v) is 7.55. The van der Waals surface area contributed by atoms with Crippen LogP contribution in [0.3, 0.4) is 0 Å². The molecule has 1 aromatic carbocycles. The normalized spacial score (nSPS) is 18.0. The van der Waals surface area contributed by atoms with Gasteiger partial charge in [-0.3, -0.25) is 9.59 Å². The first-order valence-corrected chi connectivity index (χ1v) is 12.4. The van der Waals surface area contributed by atoms with Crippen LogP contribution in [-0.4, -0.2) is 22.2 Å². The molecule has 0 saturated heterocycles. The minimum absolute atomic E-state index is 0.360. The molecule has 0 spiro atoms. The maximum absolute atomic E-state index is 11.2. The first-order valence-electron chi connectivity index (χ1n) is 12.4. The second-order valence-corrected chi connectivity index (χ2v) is 10.3. The zero-order valence-corrected chi connectivity index (χ0v) is 19.3.